The smallest absolute Gasteiger partial charge is 0.265 e. The van der Waals surface area contributed by atoms with E-state index < -0.39 is 0 Å². The Morgan fingerprint density at radius 1 is 1.38 bits per heavy atom. The van der Waals surface area contributed by atoms with Crippen LogP contribution < -0.4 is 10.9 Å². The number of carbonyl (C=O) groups excluding carboxylic acids is 1. The maximum Gasteiger partial charge on any atom is 0.265 e. The van der Waals surface area contributed by atoms with Crippen molar-refractivity contribution < 1.29 is 4.79 Å². The van der Waals surface area contributed by atoms with Crippen LogP contribution in [-0.4, -0.2) is 21.3 Å². The molecule has 0 spiro atoms. The summed E-state index contributed by atoms with van der Waals surface area (Å²) in [6.45, 7) is 0. The number of fused-ring (bicyclic) bond motifs is 3. The summed E-state index contributed by atoms with van der Waals surface area (Å²) in [4.78, 5) is 28.2. The zero-order valence-corrected chi connectivity index (χ0v) is 15.0. The lowest BCUT2D eigenvalue weighted by molar-refractivity contribution is 0.0943. The molecule has 0 radical (unpaired) electrons. The van der Waals surface area contributed by atoms with E-state index in [1.54, 1.807) is 22.6 Å². The summed E-state index contributed by atoms with van der Waals surface area (Å²) in [5, 5.41) is 4.05. The van der Waals surface area contributed by atoms with Crippen LogP contribution in [0.4, 0.5) is 0 Å². The van der Waals surface area contributed by atoms with Gasteiger partial charge in [0.05, 0.1) is 10.9 Å². The quantitative estimate of drug-likeness (QED) is 0.663. The second kappa shape index (κ2) is 5.98. The third-order valence-corrected chi connectivity index (χ3v) is 5.99. The molecule has 24 heavy (non-hydrogen) atoms. The van der Waals surface area contributed by atoms with Crippen LogP contribution in [-0.2, 0) is 0 Å². The molecule has 0 saturated heterocycles. The molecule has 5 nitrogen and oxygen atoms in total. The summed E-state index contributed by atoms with van der Waals surface area (Å²) in [5.41, 5.74) is 0.784. The van der Waals surface area contributed by atoms with Gasteiger partial charge in [-0.1, -0.05) is 35.8 Å². The molecule has 0 atom stereocenters. The molecule has 8 heteroatoms. The highest BCUT2D eigenvalue weighted by atomic mass is 35.5. The van der Waals surface area contributed by atoms with E-state index in [-0.39, 0.29) is 17.5 Å². The molecule has 1 aromatic carbocycles. The number of aromatic amines is 1. The van der Waals surface area contributed by atoms with Crippen LogP contribution in [0, 0.1) is 3.95 Å². The number of carbonyl (C=O) groups is 1. The average molecular weight is 380 g/mol. The second-order valence-corrected chi connectivity index (χ2v) is 8.03. The first-order chi connectivity index (χ1) is 11.5. The Morgan fingerprint density at radius 2 is 2.12 bits per heavy atom. The van der Waals surface area contributed by atoms with Gasteiger partial charge in [-0.25, -0.2) is 0 Å². The van der Waals surface area contributed by atoms with E-state index in [4.69, 9.17) is 23.8 Å². The molecule has 1 saturated carbocycles. The predicted molar refractivity (Wildman–Crippen MR) is 99.0 cm³/mol. The van der Waals surface area contributed by atoms with Crippen molar-refractivity contribution in [2.24, 2.45) is 0 Å². The molecule has 1 aliphatic rings. The normalized spacial score (nSPS) is 15.4. The number of nitrogens with one attached hydrogen (secondary N) is 2. The lowest BCUT2D eigenvalue weighted by atomic mass is 10.2. The van der Waals surface area contributed by atoms with Gasteiger partial charge in [-0.05, 0) is 43.3 Å². The molecule has 1 fully saturated rings. The van der Waals surface area contributed by atoms with Crippen LogP contribution in [0.3, 0.4) is 0 Å². The Bertz CT molecular complexity index is 1080. The maximum absolute atomic E-state index is 12.6. The number of hydrogen-bond donors (Lipinski definition) is 2. The van der Waals surface area contributed by atoms with Crippen LogP contribution in [0.25, 0.3) is 16.6 Å². The fourth-order valence-corrected chi connectivity index (χ4v) is 4.69. The van der Waals surface area contributed by atoms with Crippen molar-refractivity contribution in [3.8, 4) is 0 Å². The monoisotopic (exact) mass is 379 g/mol. The molecule has 1 amide bonds. The van der Waals surface area contributed by atoms with Gasteiger partial charge in [-0.2, -0.15) is 0 Å². The van der Waals surface area contributed by atoms with E-state index in [0.29, 0.717) is 30.4 Å². The van der Waals surface area contributed by atoms with Crippen molar-refractivity contribution in [1.82, 2.24) is 14.7 Å². The zero-order valence-electron chi connectivity index (χ0n) is 12.6. The number of rotatable bonds is 2. The number of halogens is 1. The Labute approximate surface area is 151 Å². The molecular weight excluding hydrogens is 366 g/mol. The van der Waals surface area contributed by atoms with E-state index in [1.807, 2.05) is 0 Å². The first-order valence-corrected chi connectivity index (χ1v) is 9.33. The van der Waals surface area contributed by atoms with E-state index in [1.165, 1.54) is 11.3 Å². The van der Waals surface area contributed by atoms with Gasteiger partial charge in [0.2, 0.25) is 0 Å². The lowest BCUT2D eigenvalue weighted by Gasteiger charge is -2.10. The minimum atomic E-state index is -0.260. The van der Waals surface area contributed by atoms with Crippen molar-refractivity contribution >= 4 is 57.6 Å². The Hall–Kier alpha value is -1.70. The van der Waals surface area contributed by atoms with Gasteiger partial charge < -0.3 is 10.3 Å². The van der Waals surface area contributed by atoms with Crippen LogP contribution in [0.2, 0.25) is 5.02 Å². The van der Waals surface area contributed by atoms with Crippen molar-refractivity contribution in [3.63, 3.8) is 0 Å². The van der Waals surface area contributed by atoms with Crippen molar-refractivity contribution in [3.05, 3.63) is 42.4 Å². The fourth-order valence-electron chi connectivity index (χ4n) is 3.24. The Kier molecular flexibility index (Phi) is 3.94. The van der Waals surface area contributed by atoms with Gasteiger partial charge in [-0.3, -0.25) is 14.0 Å². The molecule has 1 aliphatic carbocycles. The minimum absolute atomic E-state index is 0.183. The van der Waals surface area contributed by atoms with Crippen molar-refractivity contribution in [2.45, 2.75) is 31.7 Å². The summed E-state index contributed by atoms with van der Waals surface area (Å²) in [6, 6.07) is 5.22. The molecule has 0 aliphatic heterocycles. The average Bonchev–Trinajstić information content (AvgIpc) is 3.15. The first kappa shape index (κ1) is 15.8. The Morgan fingerprint density at radius 3 is 2.88 bits per heavy atom. The molecule has 0 bridgehead atoms. The molecule has 2 N–H and O–H groups in total. The highest BCUT2D eigenvalue weighted by molar-refractivity contribution is 7.73. The number of aromatic nitrogens is 2. The van der Waals surface area contributed by atoms with Crippen molar-refractivity contribution in [1.29, 1.82) is 0 Å². The number of benzene rings is 1. The summed E-state index contributed by atoms with van der Waals surface area (Å²) < 4.78 is 2.22. The molecule has 2 aromatic heterocycles. The highest BCUT2D eigenvalue weighted by Crippen LogP contribution is 2.25. The number of H-pyrrole nitrogens is 1. The van der Waals surface area contributed by atoms with E-state index in [2.05, 4.69) is 10.3 Å². The van der Waals surface area contributed by atoms with Gasteiger partial charge in [0.1, 0.15) is 10.5 Å². The van der Waals surface area contributed by atoms with Gasteiger partial charge in [0.15, 0.2) is 3.95 Å². The summed E-state index contributed by atoms with van der Waals surface area (Å²) in [6.07, 6.45) is 4.27. The summed E-state index contributed by atoms with van der Waals surface area (Å²) in [7, 11) is 0. The molecule has 2 heterocycles. The van der Waals surface area contributed by atoms with Gasteiger partial charge >= 0.3 is 0 Å². The molecule has 4 rings (SSSR count). The SMILES string of the molecule is O=C(NC1CCCC1)c1sc(=S)n2c1[nH]c(=O)c1ccc(Cl)cc12. The standard InChI is InChI=1S/C16H14ClN3O2S2/c17-8-5-6-10-11(7-8)20-13(19-14(10)21)12(24-16(20)23)15(22)18-9-3-1-2-4-9/h5-7,9H,1-4H2,(H,18,22)(H,19,21). The molecule has 124 valence electrons. The fraction of sp³-hybridized carbons (Fsp3) is 0.312. The topological polar surface area (TPSA) is 66.4 Å². The van der Waals surface area contributed by atoms with E-state index in [0.717, 1.165) is 25.7 Å². The van der Waals surface area contributed by atoms with Crippen LogP contribution in [0.5, 0.6) is 0 Å². The number of nitrogens with zero attached hydrogens (tertiary/aromatic N) is 1. The van der Waals surface area contributed by atoms with E-state index >= 15 is 0 Å². The van der Waals surface area contributed by atoms with Crippen LogP contribution in [0.1, 0.15) is 35.4 Å². The molecule has 0 unspecified atom stereocenters. The molecular formula is C16H14ClN3O2S2. The van der Waals surface area contributed by atoms with Gasteiger partial charge in [0, 0.05) is 11.1 Å². The summed E-state index contributed by atoms with van der Waals surface area (Å²) >= 11 is 12.7. The largest absolute Gasteiger partial charge is 0.348 e. The first-order valence-electron chi connectivity index (χ1n) is 7.72. The highest BCUT2D eigenvalue weighted by Gasteiger charge is 2.22. The second-order valence-electron chi connectivity index (χ2n) is 5.95. The number of thiazole rings is 1. The van der Waals surface area contributed by atoms with Gasteiger partial charge in [0.25, 0.3) is 11.5 Å². The van der Waals surface area contributed by atoms with Crippen LogP contribution in [0.15, 0.2) is 23.0 Å². The minimum Gasteiger partial charge on any atom is -0.348 e. The lowest BCUT2D eigenvalue weighted by Crippen LogP contribution is -2.32. The van der Waals surface area contributed by atoms with Crippen LogP contribution >= 0.6 is 35.2 Å². The summed E-state index contributed by atoms with van der Waals surface area (Å²) in [5.74, 6) is -0.183. The van der Waals surface area contributed by atoms with Crippen molar-refractivity contribution in [2.75, 3.05) is 0 Å². The predicted octanol–water partition coefficient (Wildman–Crippen LogP) is 3.90. The van der Waals surface area contributed by atoms with E-state index in [9.17, 15) is 9.59 Å². The van der Waals surface area contributed by atoms with Gasteiger partial charge in [-0.15, -0.1) is 0 Å². The third kappa shape index (κ3) is 2.56. The number of hydrogen-bond acceptors (Lipinski definition) is 4. The maximum atomic E-state index is 12.6. The Balaban J connectivity index is 1.92. The third-order valence-electron chi connectivity index (χ3n) is 4.38. The molecule has 3 aromatic rings. The number of amides is 1. The zero-order chi connectivity index (χ0) is 16.8.